The van der Waals surface area contributed by atoms with Crippen molar-refractivity contribution in [1.29, 1.82) is 0 Å². The van der Waals surface area contributed by atoms with Gasteiger partial charge in [-0.15, -0.1) is 0 Å². The molecule has 0 spiro atoms. The first kappa shape index (κ1) is 16.2. The summed E-state index contributed by atoms with van der Waals surface area (Å²) >= 11 is 0. The lowest BCUT2D eigenvalue weighted by atomic mass is 10.0. The lowest BCUT2D eigenvalue weighted by Gasteiger charge is -2.32. The number of carbonyl (C=O) groups excluding carboxylic acids is 1. The van der Waals surface area contributed by atoms with Crippen LogP contribution < -0.4 is 10.2 Å². The number of hydrogen-bond acceptors (Lipinski definition) is 3. The summed E-state index contributed by atoms with van der Waals surface area (Å²) in [4.78, 5) is 14.5. The average Bonchev–Trinajstić information content (AvgIpc) is 3.39. The van der Waals surface area contributed by atoms with Gasteiger partial charge >= 0.3 is 0 Å². The second kappa shape index (κ2) is 7.30. The number of piperidine rings is 1. The summed E-state index contributed by atoms with van der Waals surface area (Å²) in [6.07, 6.45) is 5.93. The SMILES string of the molecule is O=C(CCc1ccccc1)NC1CCN(c2cc(C3CC3)[nH]n2)CC1. The fourth-order valence-corrected chi connectivity index (χ4v) is 3.55. The van der Waals surface area contributed by atoms with Crippen LogP contribution in [0.15, 0.2) is 36.4 Å². The van der Waals surface area contributed by atoms with Gasteiger partial charge in [0.1, 0.15) is 0 Å². The van der Waals surface area contributed by atoms with Crippen LogP contribution in [0, 0.1) is 0 Å². The van der Waals surface area contributed by atoms with Crippen molar-refractivity contribution in [3.8, 4) is 0 Å². The van der Waals surface area contributed by atoms with Crippen molar-refractivity contribution in [1.82, 2.24) is 15.5 Å². The van der Waals surface area contributed by atoms with Gasteiger partial charge in [0.25, 0.3) is 0 Å². The van der Waals surface area contributed by atoms with E-state index >= 15 is 0 Å². The Kier molecular flexibility index (Phi) is 4.72. The topological polar surface area (TPSA) is 61.0 Å². The van der Waals surface area contributed by atoms with Crippen LogP contribution in [0.4, 0.5) is 5.82 Å². The van der Waals surface area contributed by atoms with Crippen LogP contribution in [0.5, 0.6) is 0 Å². The number of H-pyrrole nitrogens is 1. The zero-order chi connectivity index (χ0) is 17.1. The summed E-state index contributed by atoms with van der Waals surface area (Å²) < 4.78 is 0. The van der Waals surface area contributed by atoms with Crippen LogP contribution in [0.25, 0.3) is 0 Å². The molecule has 4 rings (SSSR count). The van der Waals surface area contributed by atoms with E-state index in [1.165, 1.54) is 24.1 Å². The van der Waals surface area contributed by atoms with E-state index in [1.807, 2.05) is 18.2 Å². The van der Waals surface area contributed by atoms with Crippen molar-refractivity contribution in [2.45, 2.75) is 50.5 Å². The molecule has 1 amide bonds. The van der Waals surface area contributed by atoms with Gasteiger partial charge in [0.15, 0.2) is 5.82 Å². The van der Waals surface area contributed by atoms with Gasteiger partial charge in [-0.2, -0.15) is 5.10 Å². The van der Waals surface area contributed by atoms with Gasteiger partial charge in [0, 0.05) is 43.2 Å². The number of carbonyl (C=O) groups is 1. The van der Waals surface area contributed by atoms with E-state index in [-0.39, 0.29) is 5.91 Å². The predicted molar refractivity (Wildman–Crippen MR) is 98.7 cm³/mol. The quantitative estimate of drug-likeness (QED) is 0.851. The number of anilines is 1. The Balaban J connectivity index is 1.21. The number of rotatable bonds is 6. The normalized spacial score (nSPS) is 18.3. The third-order valence-electron chi connectivity index (χ3n) is 5.27. The van der Waals surface area contributed by atoms with Crippen LogP contribution >= 0.6 is 0 Å². The number of aromatic amines is 1. The van der Waals surface area contributed by atoms with Gasteiger partial charge < -0.3 is 10.2 Å². The van der Waals surface area contributed by atoms with Crippen LogP contribution in [0.3, 0.4) is 0 Å². The fraction of sp³-hybridized carbons (Fsp3) is 0.500. The largest absolute Gasteiger partial charge is 0.355 e. The maximum atomic E-state index is 12.2. The standard InChI is InChI=1S/C20H26N4O/c25-20(9-6-15-4-2-1-3-5-15)21-17-10-12-24(13-11-17)19-14-18(22-23-19)16-7-8-16/h1-5,14,16-17H,6-13H2,(H,21,25)(H,22,23). The van der Waals surface area contributed by atoms with Gasteiger partial charge in [-0.3, -0.25) is 9.89 Å². The van der Waals surface area contributed by atoms with E-state index in [4.69, 9.17) is 0 Å². The number of nitrogens with one attached hydrogen (secondary N) is 2. The summed E-state index contributed by atoms with van der Waals surface area (Å²) in [6.45, 7) is 1.91. The predicted octanol–water partition coefficient (Wildman–Crippen LogP) is 3.00. The molecule has 25 heavy (non-hydrogen) atoms. The highest BCUT2D eigenvalue weighted by atomic mass is 16.1. The summed E-state index contributed by atoms with van der Waals surface area (Å²) in [7, 11) is 0. The molecule has 1 aromatic heterocycles. The van der Waals surface area contributed by atoms with Crippen molar-refractivity contribution in [2.75, 3.05) is 18.0 Å². The number of amides is 1. The van der Waals surface area contributed by atoms with Gasteiger partial charge in [0.05, 0.1) is 0 Å². The Morgan fingerprint density at radius 3 is 2.64 bits per heavy atom. The third kappa shape index (κ3) is 4.21. The molecule has 2 N–H and O–H groups in total. The maximum absolute atomic E-state index is 12.2. The summed E-state index contributed by atoms with van der Waals surface area (Å²) in [5.74, 6) is 1.94. The minimum atomic E-state index is 0.165. The molecule has 1 saturated heterocycles. The average molecular weight is 338 g/mol. The van der Waals surface area contributed by atoms with Crippen molar-refractivity contribution < 1.29 is 4.79 Å². The summed E-state index contributed by atoms with van der Waals surface area (Å²) in [5.41, 5.74) is 2.50. The third-order valence-corrected chi connectivity index (χ3v) is 5.27. The van der Waals surface area contributed by atoms with Gasteiger partial charge in [-0.25, -0.2) is 0 Å². The number of aryl methyl sites for hydroxylation is 1. The van der Waals surface area contributed by atoms with Crippen molar-refractivity contribution in [3.05, 3.63) is 47.7 Å². The molecule has 132 valence electrons. The van der Waals surface area contributed by atoms with E-state index in [0.717, 1.165) is 38.2 Å². The molecule has 5 heteroatoms. The van der Waals surface area contributed by atoms with Crippen molar-refractivity contribution in [2.24, 2.45) is 0 Å². The second-order valence-electron chi connectivity index (χ2n) is 7.27. The molecule has 2 heterocycles. The zero-order valence-electron chi connectivity index (χ0n) is 14.6. The molecule has 1 saturated carbocycles. The van der Waals surface area contributed by atoms with E-state index in [9.17, 15) is 4.79 Å². The van der Waals surface area contributed by atoms with Crippen LogP contribution in [-0.4, -0.2) is 35.2 Å². The molecule has 0 radical (unpaired) electrons. The Bertz CT molecular complexity index is 699. The summed E-state index contributed by atoms with van der Waals surface area (Å²) in [6, 6.07) is 12.7. The highest BCUT2D eigenvalue weighted by Crippen LogP contribution is 2.40. The molecule has 0 atom stereocenters. The summed E-state index contributed by atoms with van der Waals surface area (Å²) in [5, 5.41) is 10.8. The molecule has 5 nitrogen and oxygen atoms in total. The number of hydrogen-bond donors (Lipinski definition) is 2. The highest BCUT2D eigenvalue weighted by Gasteiger charge is 2.27. The van der Waals surface area contributed by atoms with Crippen molar-refractivity contribution in [3.63, 3.8) is 0 Å². The Morgan fingerprint density at radius 2 is 1.92 bits per heavy atom. The van der Waals surface area contributed by atoms with E-state index < -0.39 is 0 Å². The first-order chi connectivity index (χ1) is 12.3. The van der Waals surface area contributed by atoms with Crippen molar-refractivity contribution >= 4 is 11.7 Å². The minimum Gasteiger partial charge on any atom is -0.355 e. The Hall–Kier alpha value is -2.30. The smallest absolute Gasteiger partial charge is 0.220 e. The molecule has 0 bridgehead atoms. The minimum absolute atomic E-state index is 0.165. The lowest BCUT2D eigenvalue weighted by Crippen LogP contribution is -2.44. The molecule has 2 aliphatic rings. The zero-order valence-corrected chi connectivity index (χ0v) is 14.6. The molecule has 1 aliphatic heterocycles. The van der Waals surface area contributed by atoms with E-state index in [1.54, 1.807) is 0 Å². The Labute approximate surface area is 148 Å². The maximum Gasteiger partial charge on any atom is 0.220 e. The second-order valence-corrected chi connectivity index (χ2v) is 7.27. The molecule has 1 aliphatic carbocycles. The Morgan fingerprint density at radius 1 is 1.16 bits per heavy atom. The van der Waals surface area contributed by atoms with Crippen LogP contribution in [0.1, 0.15) is 49.3 Å². The molecule has 2 fully saturated rings. The monoisotopic (exact) mass is 338 g/mol. The van der Waals surface area contributed by atoms with E-state index in [0.29, 0.717) is 18.4 Å². The number of nitrogens with zero attached hydrogens (tertiary/aromatic N) is 2. The first-order valence-electron chi connectivity index (χ1n) is 9.41. The first-order valence-corrected chi connectivity index (χ1v) is 9.41. The molecular weight excluding hydrogens is 312 g/mol. The van der Waals surface area contributed by atoms with Gasteiger partial charge in [-0.05, 0) is 37.7 Å². The molecule has 0 unspecified atom stereocenters. The van der Waals surface area contributed by atoms with Crippen LogP contribution in [-0.2, 0) is 11.2 Å². The molecule has 2 aromatic rings. The van der Waals surface area contributed by atoms with E-state index in [2.05, 4.69) is 38.6 Å². The molecular formula is C20H26N4O. The molecule has 1 aromatic carbocycles. The van der Waals surface area contributed by atoms with Gasteiger partial charge in [0.2, 0.25) is 5.91 Å². The highest BCUT2D eigenvalue weighted by molar-refractivity contribution is 5.76. The fourth-order valence-electron chi connectivity index (χ4n) is 3.55. The number of benzene rings is 1. The van der Waals surface area contributed by atoms with Gasteiger partial charge in [-0.1, -0.05) is 30.3 Å². The van der Waals surface area contributed by atoms with Crippen LogP contribution in [0.2, 0.25) is 0 Å². The lowest BCUT2D eigenvalue weighted by molar-refractivity contribution is -0.121. The number of aromatic nitrogens is 2.